The molecule has 0 spiro atoms. The summed E-state index contributed by atoms with van der Waals surface area (Å²) < 4.78 is 7.25. The van der Waals surface area contributed by atoms with Crippen molar-refractivity contribution in [2.24, 2.45) is 0 Å². The molecule has 0 bridgehead atoms. The van der Waals surface area contributed by atoms with Gasteiger partial charge in [0, 0.05) is 25.2 Å². The van der Waals surface area contributed by atoms with E-state index in [9.17, 15) is 9.59 Å². The number of methoxy groups -OCH3 is 1. The van der Waals surface area contributed by atoms with Crippen LogP contribution in [-0.2, 0) is 19.5 Å². The molecule has 156 valence electrons. The molecule has 0 fully saturated rings. The third kappa shape index (κ3) is 4.96. The average Bonchev–Trinajstić information content (AvgIpc) is 3.15. The lowest BCUT2D eigenvalue weighted by molar-refractivity contribution is 0.0937. The number of rotatable bonds is 9. The number of nitrogens with one attached hydrogen (secondary N) is 2. The third-order valence-corrected chi connectivity index (χ3v) is 5.23. The second kappa shape index (κ2) is 10.1. The van der Waals surface area contributed by atoms with Gasteiger partial charge in [0.2, 0.25) is 0 Å². The van der Waals surface area contributed by atoms with Gasteiger partial charge >= 0.3 is 0 Å². The van der Waals surface area contributed by atoms with Crippen LogP contribution in [0, 0.1) is 0 Å². The molecule has 2 aromatic rings. The fourth-order valence-corrected chi connectivity index (χ4v) is 3.66. The van der Waals surface area contributed by atoms with Crippen LogP contribution in [0.25, 0.3) is 0 Å². The van der Waals surface area contributed by atoms with Gasteiger partial charge in [0.1, 0.15) is 11.4 Å². The second-order valence-electron chi connectivity index (χ2n) is 7.30. The van der Waals surface area contributed by atoms with Gasteiger partial charge in [-0.25, -0.2) is 4.98 Å². The standard InChI is InChI=1S/C22H30N4O3/c1-3-4-8-13-23-22(28)20-25-19(17-11-7-9-14-26(17)20)21(27)24-15-16-10-5-6-12-18(16)29-2/h5-6,10,12H,3-4,7-9,11,13-15H2,1-2H3,(H,23,28)(H,24,27). The highest BCUT2D eigenvalue weighted by Gasteiger charge is 2.27. The molecule has 0 radical (unpaired) electrons. The number of imidazole rings is 1. The fraction of sp³-hybridized carbons (Fsp3) is 0.500. The van der Waals surface area contributed by atoms with Crippen LogP contribution in [0.2, 0.25) is 0 Å². The maximum Gasteiger partial charge on any atom is 0.287 e. The van der Waals surface area contributed by atoms with Crippen molar-refractivity contribution in [2.75, 3.05) is 13.7 Å². The fourth-order valence-electron chi connectivity index (χ4n) is 3.66. The first-order valence-corrected chi connectivity index (χ1v) is 10.4. The van der Waals surface area contributed by atoms with E-state index in [4.69, 9.17) is 4.74 Å². The zero-order valence-electron chi connectivity index (χ0n) is 17.3. The Morgan fingerprint density at radius 3 is 2.76 bits per heavy atom. The predicted octanol–water partition coefficient (Wildman–Crippen LogP) is 3.08. The zero-order chi connectivity index (χ0) is 20.6. The smallest absolute Gasteiger partial charge is 0.287 e. The highest BCUT2D eigenvalue weighted by atomic mass is 16.5. The van der Waals surface area contributed by atoms with Crippen LogP contribution < -0.4 is 15.4 Å². The molecule has 0 atom stereocenters. The largest absolute Gasteiger partial charge is 0.496 e. The predicted molar refractivity (Wildman–Crippen MR) is 111 cm³/mol. The van der Waals surface area contributed by atoms with Crippen molar-refractivity contribution in [1.29, 1.82) is 0 Å². The number of hydrogen-bond donors (Lipinski definition) is 2. The summed E-state index contributed by atoms with van der Waals surface area (Å²) in [6.07, 6.45) is 5.87. The first-order chi connectivity index (χ1) is 14.2. The zero-order valence-corrected chi connectivity index (χ0v) is 17.3. The van der Waals surface area contributed by atoms with Gasteiger partial charge in [0.15, 0.2) is 5.82 Å². The van der Waals surface area contributed by atoms with E-state index in [1.165, 1.54) is 0 Å². The molecule has 1 aromatic heterocycles. The lowest BCUT2D eigenvalue weighted by Gasteiger charge is -2.17. The van der Waals surface area contributed by atoms with Gasteiger partial charge in [-0.15, -0.1) is 0 Å². The molecule has 1 aliphatic rings. The number of aromatic nitrogens is 2. The molecule has 7 heteroatoms. The van der Waals surface area contributed by atoms with Gasteiger partial charge in [-0.3, -0.25) is 9.59 Å². The summed E-state index contributed by atoms with van der Waals surface area (Å²) in [5.74, 6) is 0.616. The van der Waals surface area contributed by atoms with Crippen LogP contribution in [-0.4, -0.2) is 35.0 Å². The summed E-state index contributed by atoms with van der Waals surface area (Å²) in [6, 6.07) is 7.57. The van der Waals surface area contributed by atoms with Crippen LogP contribution in [0.3, 0.4) is 0 Å². The first-order valence-electron chi connectivity index (χ1n) is 10.4. The molecule has 7 nitrogen and oxygen atoms in total. The van der Waals surface area contributed by atoms with Crippen LogP contribution >= 0.6 is 0 Å². The Kier molecular flexibility index (Phi) is 7.27. The summed E-state index contributed by atoms with van der Waals surface area (Å²) >= 11 is 0. The van der Waals surface area contributed by atoms with E-state index >= 15 is 0 Å². The normalized spacial score (nSPS) is 12.9. The van der Waals surface area contributed by atoms with E-state index < -0.39 is 0 Å². The number of carbonyl (C=O) groups is 2. The van der Waals surface area contributed by atoms with Crippen LogP contribution in [0.15, 0.2) is 24.3 Å². The molecular formula is C22H30N4O3. The average molecular weight is 399 g/mol. The van der Waals surface area contributed by atoms with Crippen molar-refractivity contribution in [3.8, 4) is 5.75 Å². The van der Waals surface area contributed by atoms with Crippen LogP contribution in [0.4, 0.5) is 0 Å². The van der Waals surface area contributed by atoms with E-state index in [1.807, 2.05) is 28.8 Å². The number of benzene rings is 1. The lowest BCUT2D eigenvalue weighted by Crippen LogP contribution is -2.28. The highest BCUT2D eigenvalue weighted by Crippen LogP contribution is 2.22. The van der Waals surface area contributed by atoms with Crippen molar-refractivity contribution in [3.63, 3.8) is 0 Å². The van der Waals surface area contributed by atoms with Gasteiger partial charge in [0.05, 0.1) is 12.8 Å². The van der Waals surface area contributed by atoms with Gasteiger partial charge < -0.3 is 19.9 Å². The molecule has 2 N–H and O–H groups in total. The van der Waals surface area contributed by atoms with Crippen LogP contribution in [0.1, 0.15) is 71.4 Å². The Morgan fingerprint density at radius 2 is 1.97 bits per heavy atom. The van der Waals surface area contributed by atoms with Crippen molar-refractivity contribution in [2.45, 2.75) is 58.5 Å². The number of fused-ring (bicyclic) bond motifs is 1. The maximum absolute atomic E-state index is 12.9. The Hall–Kier alpha value is -2.83. The highest BCUT2D eigenvalue weighted by molar-refractivity contribution is 5.97. The number of unbranched alkanes of at least 4 members (excludes halogenated alkanes) is 2. The maximum atomic E-state index is 12.9. The molecule has 3 rings (SSSR count). The summed E-state index contributed by atoms with van der Waals surface area (Å²) in [7, 11) is 1.61. The Morgan fingerprint density at radius 1 is 1.14 bits per heavy atom. The van der Waals surface area contributed by atoms with Crippen molar-refractivity contribution in [1.82, 2.24) is 20.2 Å². The van der Waals surface area contributed by atoms with Crippen molar-refractivity contribution in [3.05, 3.63) is 47.0 Å². The summed E-state index contributed by atoms with van der Waals surface area (Å²) in [5.41, 5.74) is 2.11. The topological polar surface area (TPSA) is 85.2 Å². The number of hydrogen-bond acceptors (Lipinski definition) is 4. The second-order valence-corrected chi connectivity index (χ2v) is 7.30. The Bertz CT molecular complexity index is 860. The van der Waals surface area contributed by atoms with Gasteiger partial charge in [-0.1, -0.05) is 38.0 Å². The van der Waals surface area contributed by atoms with Crippen LogP contribution in [0.5, 0.6) is 5.75 Å². The van der Waals surface area contributed by atoms with Crippen molar-refractivity contribution >= 4 is 11.8 Å². The molecule has 1 aliphatic heterocycles. The summed E-state index contributed by atoms with van der Waals surface area (Å²) in [4.78, 5) is 30.0. The van der Waals surface area contributed by atoms with Gasteiger partial charge in [-0.05, 0) is 31.7 Å². The molecule has 0 saturated heterocycles. The molecule has 2 heterocycles. The number of carbonyl (C=O) groups excluding carboxylic acids is 2. The van der Waals surface area contributed by atoms with E-state index in [1.54, 1.807) is 7.11 Å². The minimum atomic E-state index is -0.258. The first kappa shape index (κ1) is 20.9. The molecular weight excluding hydrogens is 368 g/mol. The number of nitrogens with zero attached hydrogens (tertiary/aromatic N) is 2. The Balaban J connectivity index is 1.74. The van der Waals surface area contributed by atoms with E-state index in [2.05, 4.69) is 22.5 Å². The molecule has 0 saturated carbocycles. The minimum Gasteiger partial charge on any atom is -0.496 e. The summed E-state index contributed by atoms with van der Waals surface area (Å²) in [5, 5.41) is 5.86. The number of para-hydroxylation sites is 1. The lowest BCUT2D eigenvalue weighted by atomic mass is 10.1. The SMILES string of the molecule is CCCCCNC(=O)c1nc(C(=O)NCc2ccccc2OC)c2n1CCCC2. The minimum absolute atomic E-state index is 0.201. The molecule has 2 amide bonds. The van der Waals surface area contributed by atoms with Gasteiger partial charge in [-0.2, -0.15) is 0 Å². The van der Waals surface area contributed by atoms with Gasteiger partial charge in [0.25, 0.3) is 11.8 Å². The monoisotopic (exact) mass is 398 g/mol. The molecule has 1 aromatic carbocycles. The number of ether oxygens (including phenoxy) is 1. The van der Waals surface area contributed by atoms with E-state index in [-0.39, 0.29) is 11.8 Å². The summed E-state index contributed by atoms with van der Waals surface area (Å²) in [6.45, 7) is 3.82. The van der Waals surface area contributed by atoms with Crippen molar-refractivity contribution < 1.29 is 14.3 Å². The molecule has 0 unspecified atom stereocenters. The number of amides is 2. The molecule has 29 heavy (non-hydrogen) atoms. The molecule has 0 aliphatic carbocycles. The van der Waals surface area contributed by atoms with E-state index in [0.29, 0.717) is 24.6 Å². The quantitative estimate of drug-likeness (QED) is 0.636. The third-order valence-electron chi connectivity index (χ3n) is 5.23. The van der Waals surface area contributed by atoms with E-state index in [0.717, 1.165) is 62.1 Å². The Labute approximate surface area is 171 Å².